The molecule has 4 heteroatoms. The van der Waals surface area contributed by atoms with E-state index < -0.39 is 6.10 Å². The number of H-pyrrole nitrogens is 1. The van der Waals surface area contributed by atoms with E-state index in [4.69, 9.17) is 0 Å². The lowest BCUT2D eigenvalue weighted by Gasteiger charge is -2.24. The van der Waals surface area contributed by atoms with Crippen molar-refractivity contribution in [1.82, 2.24) is 10.2 Å². The molecule has 1 aliphatic rings. The van der Waals surface area contributed by atoms with Crippen molar-refractivity contribution in [2.45, 2.75) is 44.6 Å². The van der Waals surface area contributed by atoms with Crippen molar-refractivity contribution >= 4 is 0 Å². The van der Waals surface area contributed by atoms with Gasteiger partial charge in [-0.1, -0.05) is 32.1 Å². The maximum atomic E-state index is 13.0. The van der Waals surface area contributed by atoms with Gasteiger partial charge in [-0.05, 0) is 36.6 Å². The summed E-state index contributed by atoms with van der Waals surface area (Å²) in [5, 5.41) is 17.5. The fourth-order valence-electron chi connectivity index (χ4n) is 3.26. The second-order valence-corrected chi connectivity index (χ2v) is 5.96. The van der Waals surface area contributed by atoms with Crippen molar-refractivity contribution < 1.29 is 9.50 Å². The Labute approximate surface area is 124 Å². The summed E-state index contributed by atoms with van der Waals surface area (Å²) in [5.41, 5.74) is 2.46. The quantitative estimate of drug-likeness (QED) is 0.885. The molecule has 2 aromatic rings. The molecule has 0 bridgehead atoms. The Morgan fingerprint density at radius 3 is 2.62 bits per heavy atom. The zero-order valence-electron chi connectivity index (χ0n) is 12.1. The molecular weight excluding hydrogens is 267 g/mol. The molecule has 3 rings (SSSR count). The van der Waals surface area contributed by atoms with Crippen LogP contribution in [0.15, 0.2) is 30.5 Å². The summed E-state index contributed by atoms with van der Waals surface area (Å²) in [6.07, 6.45) is 8.24. The molecule has 1 saturated carbocycles. The van der Waals surface area contributed by atoms with Crippen LogP contribution in [0, 0.1) is 11.7 Å². The summed E-state index contributed by atoms with van der Waals surface area (Å²) in [6.45, 7) is 0. The number of hydrogen-bond donors (Lipinski definition) is 2. The molecular formula is C17H21FN2O. The highest BCUT2D eigenvalue weighted by atomic mass is 19.1. The van der Waals surface area contributed by atoms with Crippen LogP contribution in [0.1, 0.15) is 50.2 Å². The van der Waals surface area contributed by atoms with E-state index in [-0.39, 0.29) is 5.82 Å². The van der Waals surface area contributed by atoms with Gasteiger partial charge in [-0.2, -0.15) is 5.10 Å². The van der Waals surface area contributed by atoms with Gasteiger partial charge >= 0.3 is 0 Å². The zero-order valence-corrected chi connectivity index (χ0v) is 12.1. The number of aliphatic hydroxyl groups is 1. The van der Waals surface area contributed by atoms with Gasteiger partial charge in [-0.15, -0.1) is 0 Å². The number of nitrogens with one attached hydrogen (secondary N) is 1. The molecule has 112 valence electrons. The first-order valence-electron chi connectivity index (χ1n) is 7.71. The Kier molecular flexibility index (Phi) is 4.34. The zero-order chi connectivity index (χ0) is 14.7. The second kappa shape index (κ2) is 6.39. The number of aromatic amines is 1. The predicted octanol–water partition coefficient (Wildman–Crippen LogP) is 4.22. The van der Waals surface area contributed by atoms with E-state index in [0.717, 1.165) is 23.2 Å². The van der Waals surface area contributed by atoms with E-state index >= 15 is 0 Å². The Morgan fingerprint density at radius 1 is 1.19 bits per heavy atom. The third kappa shape index (κ3) is 3.32. The van der Waals surface area contributed by atoms with Crippen LogP contribution in [-0.4, -0.2) is 15.3 Å². The monoisotopic (exact) mass is 288 g/mol. The molecule has 1 unspecified atom stereocenters. The van der Waals surface area contributed by atoms with Gasteiger partial charge < -0.3 is 5.11 Å². The van der Waals surface area contributed by atoms with Gasteiger partial charge in [0.1, 0.15) is 5.82 Å². The predicted molar refractivity (Wildman–Crippen MR) is 80.1 cm³/mol. The maximum absolute atomic E-state index is 13.0. The van der Waals surface area contributed by atoms with E-state index in [1.165, 1.54) is 44.2 Å². The second-order valence-electron chi connectivity index (χ2n) is 5.96. The molecule has 3 nitrogen and oxygen atoms in total. The Hall–Kier alpha value is -1.68. The normalized spacial score (nSPS) is 17.8. The van der Waals surface area contributed by atoms with Gasteiger partial charge in [-0.3, -0.25) is 5.10 Å². The third-order valence-corrected chi connectivity index (χ3v) is 4.44. The Bertz CT molecular complexity index is 573. The molecule has 1 heterocycles. The molecule has 1 aromatic heterocycles. The number of halogens is 1. The fraction of sp³-hybridized carbons (Fsp3) is 0.471. The molecule has 1 aromatic carbocycles. The standard InChI is InChI=1S/C17H21FN2O/c18-14-8-6-13(7-9-14)17-15(11-19-20-17)16(21)10-12-4-2-1-3-5-12/h6-9,11-12,16,21H,1-5,10H2,(H,19,20). The van der Waals surface area contributed by atoms with Crippen LogP contribution < -0.4 is 0 Å². The topological polar surface area (TPSA) is 48.9 Å². The first kappa shape index (κ1) is 14.3. The highest BCUT2D eigenvalue weighted by Gasteiger charge is 2.22. The van der Waals surface area contributed by atoms with Crippen molar-refractivity contribution in [1.29, 1.82) is 0 Å². The van der Waals surface area contributed by atoms with Crippen molar-refractivity contribution in [2.24, 2.45) is 5.92 Å². The average Bonchev–Trinajstić information content (AvgIpc) is 2.98. The van der Waals surface area contributed by atoms with Crippen LogP contribution >= 0.6 is 0 Å². The molecule has 1 atom stereocenters. The molecule has 1 aliphatic carbocycles. The Balaban J connectivity index is 1.76. The average molecular weight is 288 g/mol. The number of nitrogens with zero attached hydrogens (tertiary/aromatic N) is 1. The molecule has 21 heavy (non-hydrogen) atoms. The van der Waals surface area contributed by atoms with E-state index in [1.54, 1.807) is 18.3 Å². The summed E-state index contributed by atoms with van der Waals surface area (Å²) < 4.78 is 13.0. The molecule has 0 amide bonds. The highest BCUT2D eigenvalue weighted by molar-refractivity contribution is 5.62. The highest BCUT2D eigenvalue weighted by Crippen LogP contribution is 2.34. The number of hydrogen-bond acceptors (Lipinski definition) is 2. The van der Waals surface area contributed by atoms with Crippen molar-refractivity contribution in [3.05, 3.63) is 41.8 Å². The number of aliphatic hydroxyl groups excluding tert-OH is 1. The minimum Gasteiger partial charge on any atom is -0.388 e. The minimum absolute atomic E-state index is 0.262. The van der Waals surface area contributed by atoms with Gasteiger partial charge in [0.2, 0.25) is 0 Å². The van der Waals surface area contributed by atoms with Crippen molar-refractivity contribution in [2.75, 3.05) is 0 Å². The van der Waals surface area contributed by atoms with Crippen LogP contribution in [0.25, 0.3) is 11.3 Å². The Morgan fingerprint density at radius 2 is 1.90 bits per heavy atom. The van der Waals surface area contributed by atoms with Crippen molar-refractivity contribution in [3.63, 3.8) is 0 Å². The number of benzene rings is 1. The first-order chi connectivity index (χ1) is 10.2. The molecule has 1 fully saturated rings. The first-order valence-corrected chi connectivity index (χ1v) is 7.71. The smallest absolute Gasteiger partial charge is 0.123 e. The van der Waals surface area contributed by atoms with Gasteiger partial charge in [0.05, 0.1) is 18.0 Å². The van der Waals surface area contributed by atoms with Gasteiger partial charge in [0.25, 0.3) is 0 Å². The lowest BCUT2D eigenvalue weighted by atomic mass is 9.84. The van der Waals surface area contributed by atoms with Crippen LogP contribution in [0.3, 0.4) is 0 Å². The van der Waals surface area contributed by atoms with E-state index in [0.29, 0.717) is 5.92 Å². The van der Waals surface area contributed by atoms with E-state index in [1.807, 2.05) is 0 Å². The summed E-state index contributed by atoms with van der Waals surface area (Å²) in [7, 11) is 0. The molecule has 0 aliphatic heterocycles. The number of rotatable bonds is 4. The van der Waals surface area contributed by atoms with Gasteiger partial charge in [-0.25, -0.2) is 4.39 Å². The van der Waals surface area contributed by atoms with Crippen LogP contribution in [0.5, 0.6) is 0 Å². The fourth-order valence-corrected chi connectivity index (χ4v) is 3.26. The van der Waals surface area contributed by atoms with E-state index in [9.17, 15) is 9.50 Å². The van der Waals surface area contributed by atoms with E-state index in [2.05, 4.69) is 10.2 Å². The summed E-state index contributed by atoms with van der Waals surface area (Å²) in [4.78, 5) is 0. The minimum atomic E-state index is -0.507. The van der Waals surface area contributed by atoms with Crippen LogP contribution in [0.4, 0.5) is 4.39 Å². The molecule has 0 saturated heterocycles. The largest absolute Gasteiger partial charge is 0.388 e. The third-order valence-electron chi connectivity index (χ3n) is 4.44. The van der Waals surface area contributed by atoms with Crippen LogP contribution in [-0.2, 0) is 0 Å². The summed E-state index contributed by atoms with van der Waals surface area (Å²) >= 11 is 0. The van der Waals surface area contributed by atoms with Crippen LogP contribution in [0.2, 0.25) is 0 Å². The molecule has 0 spiro atoms. The lowest BCUT2D eigenvalue weighted by Crippen LogP contribution is -2.11. The lowest BCUT2D eigenvalue weighted by molar-refractivity contribution is 0.132. The summed E-state index contributed by atoms with van der Waals surface area (Å²) in [5.74, 6) is 0.340. The summed E-state index contributed by atoms with van der Waals surface area (Å²) in [6, 6.07) is 6.26. The molecule has 0 radical (unpaired) electrons. The van der Waals surface area contributed by atoms with Crippen molar-refractivity contribution in [3.8, 4) is 11.3 Å². The maximum Gasteiger partial charge on any atom is 0.123 e. The molecule has 2 N–H and O–H groups in total. The number of aromatic nitrogens is 2. The SMILES string of the molecule is OC(CC1CCCCC1)c1cn[nH]c1-c1ccc(F)cc1. The van der Waals surface area contributed by atoms with Gasteiger partial charge in [0, 0.05) is 11.1 Å². The van der Waals surface area contributed by atoms with Gasteiger partial charge in [0.15, 0.2) is 0 Å².